The molecule has 6 nitrogen and oxygen atoms in total. The van der Waals surface area contributed by atoms with Gasteiger partial charge in [-0.3, -0.25) is 0 Å². The molecule has 2 heterocycles. The highest BCUT2D eigenvalue weighted by Crippen LogP contribution is 2.22. The molecule has 0 saturated carbocycles. The van der Waals surface area contributed by atoms with Crippen LogP contribution in [0.15, 0.2) is 11.6 Å². The summed E-state index contributed by atoms with van der Waals surface area (Å²) >= 11 is 1.46. The molecular formula is C12H17N3O3S. The number of thiazole rings is 1. The summed E-state index contributed by atoms with van der Waals surface area (Å²) in [5.74, 6) is -0.597. The first-order valence-corrected chi connectivity index (χ1v) is 7.11. The van der Waals surface area contributed by atoms with Gasteiger partial charge in [-0.25, -0.2) is 14.6 Å². The molecule has 2 rings (SSSR count). The molecule has 2 amide bonds. The van der Waals surface area contributed by atoms with Crippen LogP contribution in [-0.2, 0) is 11.3 Å². The molecule has 0 bridgehead atoms. The van der Waals surface area contributed by atoms with Crippen LogP contribution >= 0.6 is 11.3 Å². The number of carbonyl (C=O) groups excluding carboxylic acids is 1. The van der Waals surface area contributed by atoms with Gasteiger partial charge in [0.1, 0.15) is 11.0 Å². The molecule has 2 N–H and O–H groups in total. The minimum Gasteiger partial charge on any atom is -0.480 e. The summed E-state index contributed by atoms with van der Waals surface area (Å²) in [6.07, 6.45) is 3.03. The number of aliphatic carboxylic acids is 1. The van der Waals surface area contributed by atoms with Gasteiger partial charge in [0.05, 0.1) is 6.54 Å². The topological polar surface area (TPSA) is 82.5 Å². The van der Waals surface area contributed by atoms with E-state index in [4.69, 9.17) is 0 Å². The molecule has 1 aliphatic heterocycles. The molecule has 1 saturated heterocycles. The van der Waals surface area contributed by atoms with Crippen molar-refractivity contribution in [2.24, 2.45) is 5.92 Å². The quantitative estimate of drug-likeness (QED) is 0.881. The molecule has 104 valence electrons. The van der Waals surface area contributed by atoms with E-state index < -0.39 is 12.0 Å². The van der Waals surface area contributed by atoms with Crippen LogP contribution in [0.3, 0.4) is 0 Å². The molecule has 2 unspecified atom stereocenters. The van der Waals surface area contributed by atoms with Crippen molar-refractivity contribution in [3.05, 3.63) is 16.6 Å². The van der Waals surface area contributed by atoms with Gasteiger partial charge < -0.3 is 15.3 Å². The first kappa shape index (κ1) is 13.8. The number of carbonyl (C=O) groups is 2. The Morgan fingerprint density at radius 3 is 3.05 bits per heavy atom. The lowest BCUT2D eigenvalue weighted by molar-refractivity contribution is -0.143. The standard InChI is InChI=1S/C12H17N3O3S/c1-8-2-4-15(9(6-8)11(16)17)12(18)14-7-10-13-3-5-19-10/h3,5,8-9H,2,4,6-7H2,1H3,(H,14,18)(H,16,17). The van der Waals surface area contributed by atoms with Crippen molar-refractivity contribution in [1.82, 2.24) is 15.2 Å². The van der Waals surface area contributed by atoms with Crippen molar-refractivity contribution in [3.8, 4) is 0 Å². The summed E-state index contributed by atoms with van der Waals surface area (Å²) in [4.78, 5) is 28.7. The Morgan fingerprint density at radius 2 is 2.42 bits per heavy atom. The number of piperidine rings is 1. The number of rotatable bonds is 3. The Morgan fingerprint density at radius 1 is 1.63 bits per heavy atom. The van der Waals surface area contributed by atoms with E-state index >= 15 is 0 Å². The lowest BCUT2D eigenvalue weighted by Gasteiger charge is -2.35. The van der Waals surface area contributed by atoms with Gasteiger partial charge in [0.25, 0.3) is 0 Å². The Hall–Kier alpha value is -1.63. The van der Waals surface area contributed by atoms with Crippen LogP contribution < -0.4 is 5.32 Å². The fraction of sp³-hybridized carbons (Fsp3) is 0.583. The number of carboxylic acid groups (broad SMARTS) is 1. The predicted octanol–water partition coefficient (Wildman–Crippen LogP) is 1.54. The van der Waals surface area contributed by atoms with Crippen molar-refractivity contribution < 1.29 is 14.7 Å². The number of amides is 2. The van der Waals surface area contributed by atoms with E-state index in [2.05, 4.69) is 10.3 Å². The average molecular weight is 283 g/mol. The number of likely N-dealkylation sites (tertiary alicyclic amines) is 1. The van der Waals surface area contributed by atoms with Crippen LogP contribution in [-0.4, -0.2) is 39.6 Å². The highest BCUT2D eigenvalue weighted by molar-refractivity contribution is 7.09. The highest BCUT2D eigenvalue weighted by atomic mass is 32.1. The monoisotopic (exact) mass is 283 g/mol. The maximum absolute atomic E-state index is 12.0. The molecule has 0 radical (unpaired) electrons. The molecule has 1 aromatic heterocycles. The average Bonchev–Trinajstić information content (AvgIpc) is 2.88. The number of nitrogens with zero attached hydrogens (tertiary/aromatic N) is 2. The van der Waals surface area contributed by atoms with E-state index in [0.717, 1.165) is 11.4 Å². The number of carboxylic acids is 1. The van der Waals surface area contributed by atoms with Crippen molar-refractivity contribution in [2.75, 3.05) is 6.54 Å². The number of aromatic nitrogens is 1. The maximum atomic E-state index is 12.0. The summed E-state index contributed by atoms with van der Waals surface area (Å²) in [7, 11) is 0. The summed E-state index contributed by atoms with van der Waals surface area (Å²) in [5.41, 5.74) is 0. The molecule has 1 aliphatic rings. The molecule has 0 aliphatic carbocycles. The van der Waals surface area contributed by atoms with E-state index in [0.29, 0.717) is 25.4 Å². The Balaban J connectivity index is 1.94. The van der Waals surface area contributed by atoms with Gasteiger partial charge in [-0.1, -0.05) is 6.92 Å². The lowest BCUT2D eigenvalue weighted by Crippen LogP contribution is -2.53. The maximum Gasteiger partial charge on any atom is 0.326 e. The molecule has 0 aromatic carbocycles. The summed E-state index contributed by atoms with van der Waals surface area (Å²) < 4.78 is 0. The van der Waals surface area contributed by atoms with E-state index in [1.807, 2.05) is 12.3 Å². The van der Waals surface area contributed by atoms with Gasteiger partial charge in [0.2, 0.25) is 0 Å². The van der Waals surface area contributed by atoms with E-state index in [1.165, 1.54) is 16.2 Å². The van der Waals surface area contributed by atoms with Crippen LogP contribution in [0.2, 0.25) is 0 Å². The third-order valence-corrected chi connectivity index (χ3v) is 4.06. The molecule has 1 aromatic rings. The van der Waals surface area contributed by atoms with Crippen molar-refractivity contribution >= 4 is 23.3 Å². The summed E-state index contributed by atoms with van der Waals surface area (Å²) in [6, 6.07) is -1.05. The minimum atomic E-state index is -0.934. The van der Waals surface area contributed by atoms with Crippen LogP contribution in [0.4, 0.5) is 4.79 Å². The SMILES string of the molecule is CC1CCN(C(=O)NCc2nccs2)C(C(=O)O)C1. The zero-order chi connectivity index (χ0) is 13.8. The zero-order valence-electron chi connectivity index (χ0n) is 10.7. The van der Waals surface area contributed by atoms with Gasteiger partial charge in [0, 0.05) is 18.1 Å². The minimum absolute atomic E-state index is 0.325. The number of urea groups is 1. The molecular weight excluding hydrogens is 266 g/mol. The molecule has 2 atom stereocenters. The second kappa shape index (κ2) is 6.01. The van der Waals surface area contributed by atoms with E-state index in [-0.39, 0.29) is 6.03 Å². The highest BCUT2D eigenvalue weighted by Gasteiger charge is 2.34. The second-order valence-corrected chi connectivity index (χ2v) is 5.74. The third kappa shape index (κ3) is 3.44. The molecule has 0 spiro atoms. The van der Waals surface area contributed by atoms with Crippen LogP contribution in [0, 0.1) is 5.92 Å². The fourth-order valence-electron chi connectivity index (χ4n) is 2.21. The fourth-order valence-corrected chi connectivity index (χ4v) is 2.77. The van der Waals surface area contributed by atoms with E-state index in [1.54, 1.807) is 6.20 Å². The molecule has 19 heavy (non-hydrogen) atoms. The lowest BCUT2D eigenvalue weighted by atomic mass is 9.93. The van der Waals surface area contributed by atoms with Crippen LogP contribution in [0.25, 0.3) is 0 Å². The summed E-state index contributed by atoms with van der Waals surface area (Å²) in [6.45, 7) is 2.84. The smallest absolute Gasteiger partial charge is 0.326 e. The zero-order valence-corrected chi connectivity index (χ0v) is 11.5. The largest absolute Gasteiger partial charge is 0.480 e. The van der Waals surface area contributed by atoms with E-state index in [9.17, 15) is 14.7 Å². The number of hydrogen-bond donors (Lipinski definition) is 2. The third-order valence-electron chi connectivity index (χ3n) is 3.28. The van der Waals surface area contributed by atoms with Crippen LogP contribution in [0.5, 0.6) is 0 Å². The van der Waals surface area contributed by atoms with Gasteiger partial charge >= 0.3 is 12.0 Å². The van der Waals surface area contributed by atoms with Gasteiger partial charge in [-0.15, -0.1) is 11.3 Å². The van der Waals surface area contributed by atoms with Crippen molar-refractivity contribution in [2.45, 2.75) is 32.4 Å². The van der Waals surface area contributed by atoms with Gasteiger partial charge in [0.15, 0.2) is 0 Å². The number of nitrogens with one attached hydrogen (secondary N) is 1. The van der Waals surface area contributed by atoms with Crippen LogP contribution in [0.1, 0.15) is 24.8 Å². The Bertz CT molecular complexity index is 449. The predicted molar refractivity (Wildman–Crippen MR) is 70.9 cm³/mol. The van der Waals surface area contributed by atoms with Crippen molar-refractivity contribution in [1.29, 1.82) is 0 Å². The van der Waals surface area contributed by atoms with Gasteiger partial charge in [-0.05, 0) is 18.8 Å². The Labute approximate surface area is 115 Å². The summed E-state index contributed by atoms with van der Waals surface area (Å²) in [5, 5.41) is 14.6. The second-order valence-electron chi connectivity index (χ2n) is 4.76. The molecule has 7 heteroatoms. The first-order valence-electron chi connectivity index (χ1n) is 6.23. The van der Waals surface area contributed by atoms with Gasteiger partial charge in [-0.2, -0.15) is 0 Å². The van der Waals surface area contributed by atoms with Crippen molar-refractivity contribution in [3.63, 3.8) is 0 Å². The Kier molecular flexibility index (Phi) is 4.36. The molecule has 1 fully saturated rings. The normalized spacial score (nSPS) is 23.1. The number of hydrogen-bond acceptors (Lipinski definition) is 4. The first-order chi connectivity index (χ1) is 9.08.